The summed E-state index contributed by atoms with van der Waals surface area (Å²) in [7, 11) is 0. The molecule has 5 fully saturated rings. The smallest absolute Gasteiger partial charge is 0.237 e. The number of nitrogens with zero attached hydrogens (tertiary/aromatic N) is 1. The largest absolute Gasteiger partial charge is 0.274 e. The lowest BCUT2D eigenvalue weighted by atomic mass is 9.59. The van der Waals surface area contributed by atoms with E-state index in [2.05, 4.69) is 0 Å². The van der Waals surface area contributed by atoms with E-state index in [-0.39, 0.29) is 29.5 Å². The molecule has 2 amide bonds. The van der Waals surface area contributed by atoms with Crippen LogP contribution in [0.5, 0.6) is 0 Å². The first-order valence-electron chi connectivity index (χ1n) is 8.22. The highest BCUT2D eigenvalue weighted by Crippen LogP contribution is 2.68. The third-order valence-electron chi connectivity index (χ3n) is 6.56. The van der Waals surface area contributed by atoms with E-state index in [1.165, 1.54) is 17.4 Å². The van der Waals surface area contributed by atoms with Crippen molar-refractivity contribution in [3.05, 3.63) is 29.6 Å². The van der Waals surface area contributed by atoms with Crippen LogP contribution in [0.1, 0.15) is 24.8 Å². The van der Waals surface area contributed by atoms with Crippen LogP contribution in [0, 0.1) is 48.2 Å². The van der Waals surface area contributed by atoms with Crippen molar-refractivity contribution in [2.45, 2.75) is 26.2 Å². The number of carbonyl (C=O) groups excluding carboxylic acids is 2. The molecule has 4 heteroatoms. The first kappa shape index (κ1) is 12.8. The van der Waals surface area contributed by atoms with Crippen LogP contribution in [0.2, 0.25) is 0 Å². The maximum atomic E-state index is 13.8. The van der Waals surface area contributed by atoms with E-state index in [1.54, 1.807) is 19.1 Å². The van der Waals surface area contributed by atoms with Crippen LogP contribution in [0.4, 0.5) is 10.1 Å². The normalized spacial score (nSPS) is 41.6. The van der Waals surface area contributed by atoms with Crippen LogP contribution in [-0.2, 0) is 9.59 Å². The Morgan fingerprint density at radius 3 is 2.14 bits per heavy atom. The molecule has 1 saturated heterocycles. The van der Waals surface area contributed by atoms with E-state index in [0.717, 1.165) is 12.8 Å². The minimum atomic E-state index is -0.362. The minimum absolute atomic E-state index is 0.0849. The molecule has 0 N–H and O–H groups in total. The number of hydrogen-bond acceptors (Lipinski definition) is 2. The van der Waals surface area contributed by atoms with Gasteiger partial charge in [0.15, 0.2) is 0 Å². The van der Waals surface area contributed by atoms with Gasteiger partial charge in [-0.15, -0.1) is 0 Å². The van der Waals surface area contributed by atoms with Gasteiger partial charge < -0.3 is 0 Å². The van der Waals surface area contributed by atoms with E-state index in [4.69, 9.17) is 0 Å². The van der Waals surface area contributed by atoms with Crippen molar-refractivity contribution in [2.24, 2.45) is 35.5 Å². The fourth-order valence-corrected chi connectivity index (χ4v) is 5.51. The Morgan fingerprint density at radius 2 is 1.59 bits per heavy atom. The molecular weight excluding hydrogens is 281 g/mol. The summed E-state index contributed by atoms with van der Waals surface area (Å²) in [5, 5.41) is 0. The second-order valence-electron chi connectivity index (χ2n) is 7.47. The maximum absolute atomic E-state index is 13.8. The summed E-state index contributed by atoms with van der Waals surface area (Å²) in [4.78, 5) is 27.0. The number of anilines is 1. The molecule has 22 heavy (non-hydrogen) atoms. The Hall–Kier alpha value is -1.71. The highest BCUT2D eigenvalue weighted by atomic mass is 19.1. The van der Waals surface area contributed by atoms with Crippen molar-refractivity contribution in [1.82, 2.24) is 0 Å². The van der Waals surface area contributed by atoms with Gasteiger partial charge in [0.1, 0.15) is 5.82 Å². The van der Waals surface area contributed by atoms with E-state index in [0.29, 0.717) is 34.9 Å². The topological polar surface area (TPSA) is 37.4 Å². The number of carbonyl (C=O) groups is 2. The zero-order valence-corrected chi connectivity index (χ0v) is 12.5. The van der Waals surface area contributed by atoms with Gasteiger partial charge in [-0.25, -0.2) is 9.29 Å². The number of imide groups is 1. The van der Waals surface area contributed by atoms with Gasteiger partial charge in [-0.05, 0) is 67.6 Å². The summed E-state index contributed by atoms with van der Waals surface area (Å²) < 4.78 is 13.8. The number of rotatable bonds is 1. The summed E-state index contributed by atoms with van der Waals surface area (Å²) in [6.07, 6.45) is 3.38. The van der Waals surface area contributed by atoms with Crippen molar-refractivity contribution >= 4 is 17.5 Å². The molecule has 6 atom stereocenters. The summed E-state index contributed by atoms with van der Waals surface area (Å²) in [6, 6.07) is 4.65. The van der Waals surface area contributed by atoms with Crippen LogP contribution in [-0.4, -0.2) is 11.8 Å². The SMILES string of the molecule is Cc1ccc(N2C(=O)[C@@H]3[C@@H]4CC[C@@H]([C@@H]5C[C@@H]54)[C@@H]3C2=O)cc1F. The van der Waals surface area contributed by atoms with E-state index < -0.39 is 0 Å². The number of benzene rings is 1. The summed E-state index contributed by atoms with van der Waals surface area (Å²) in [5.41, 5.74) is 0.933. The van der Waals surface area contributed by atoms with Gasteiger partial charge >= 0.3 is 0 Å². The van der Waals surface area contributed by atoms with Crippen molar-refractivity contribution in [2.75, 3.05) is 4.90 Å². The third kappa shape index (κ3) is 1.41. The second kappa shape index (κ2) is 3.98. The molecule has 4 saturated carbocycles. The predicted octanol–water partition coefficient (Wildman–Crippen LogP) is 2.92. The molecule has 6 rings (SSSR count). The van der Waals surface area contributed by atoms with Crippen LogP contribution < -0.4 is 4.90 Å². The predicted molar refractivity (Wildman–Crippen MR) is 78.4 cm³/mol. The van der Waals surface area contributed by atoms with Crippen molar-refractivity contribution in [1.29, 1.82) is 0 Å². The molecule has 114 valence electrons. The van der Waals surface area contributed by atoms with Crippen molar-refractivity contribution in [3.63, 3.8) is 0 Å². The summed E-state index contributed by atoms with van der Waals surface area (Å²) in [6.45, 7) is 1.68. The molecule has 0 aromatic heterocycles. The lowest BCUT2D eigenvalue weighted by Gasteiger charge is -2.42. The number of hydrogen-bond donors (Lipinski definition) is 0. The highest BCUT2D eigenvalue weighted by molar-refractivity contribution is 6.22. The molecule has 1 aromatic carbocycles. The van der Waals surface area contributed by atoms with Gasteiger partial charge in [0, 0.05) is 0 Å². The zero-order chi connectivity index (χ0) is 15.2. The Kier molecular flexibility index (Phi) is 2.31. The van der Waals surface area contributed by atoms with Gasteiger partial charge in [-0.2, -0.15) is 0 Å². The number of halogens is 1. The molecule has 1 aromatic rings. The molecule has 0 spiro atoms. The first-order chi connectivity index (χ1) is 10.6. The fourth-order valence-electron chi connectivity index (χ4n) is 5.51. The van der Waals surface area contributed by atoms with Gasteiger partial charge in [-0.3, -0.25) is 9.59 Å². The Balaban J connectivity index is 1.57. The molecule has 1 aliphatic heterocycles. The standard InChI is InChI=1S/C18H18FNO2/c1-8-2-3-9(6-14(8)19)20-17(21)15-10-4-5-11(13-7-12(10)13)16(15)18(20)22/h2-3,6,10-13,15-16H,4-5,7H2,1H3/t10-,11+,12-,13+,15-,16+. The third-order valence-corrected chi connectivity index (χ3v) is 6.56. The zero-order valence-electron chi connectivity index (χ0n) is 12.5. The average Bonchev–Trinajstić information content (AvgIpc) is 3.28. The lowest BCUT2D eigenvalue weighted by molar-refractivity contribution is -0.129. The Bertz CT molecular complexity index is 681. The summed E-state index contributed by atoms with van der Waals surface area (Å²) in [5.74, 6) is 1.31. The lowest BCUT2D eigenvalue weighted by Crippen LogP contribution is -2.43. The molecule has 0 radical (unpaired) electrons. The van der Waals surface area contributed by atoms with Crippen LogP contribution in [0.15, 0.2) is 18.2 Å². The van der Waals surface area contributed by atoms with Crippen molar-refractivity contribution in [3.8, 4) is 0 Å². The van der Waals surface area contributed by atoms with Crippen LogP contribution >= 0.6 is 0 Å². The summed E-state index contributed by atoms with van der Waals surface area (Å²) >= 11 is 0. The second-order valence-corrected chi connectivity index (χ2v) is 7.47. The van der Waals surface area contributed by atoms with Gasteiger partial charge in [0.05, 0.1) is 17.5 Å². The van der Waals surface area contributed by atoms with Gasteiger partial charge in [0.2, 0.25) is 11.8 Å². The molecule has 5 aliphatic rings. The van der Waals surface area contributed by atoms with Gasteiger partial charge in [0.25, 0.3) is 0 Å². The molecule has 4 aliphatic carbocycles. The molecule has 0 unspecified atom stereocenters. The quantitative estimate of drug-likeness (QED) is 0.748. The molecule has 2 bridgehead atoms. The Labute approximate surface area is 128 Å². The molecule has 1 heterocycles. The fraction of sp³-hybridized carbons (Fsp3) is 0.556. The minimum Gasteiger partial charge on any atom is -0.274 e. The highest BCUT2D eigenvalue weighted by Gasteiger charge is 2.68. The van der Waals surface area contributed by atoms with Gasteiger partial charge in [-0.1, -0.05) is 6.07 Å². The maximum Gasteiger partial charge on any atom is 0.237 e. The monoisotopic (exact) mass is 299 g/mol. The first-order valence-corrected chi connectivity index (χ1v) is 8.22. The van der Waals surface area contributed by atoms with Crippen molar-refractivity contribution < 1.29 is 14.0 Å². The van der Waals surface area contributed by atoms with E-state index in [1.807, 2.05) is 0 Å². The van der Waals surface area contributed by atoms with E-state index in [9.17, 15) is 14.0 Å². The molecular formula is C18H18FNO2. The Morgan fingerprint density at radius 1 is 1.00 bits per heavy atom. The molecule has 3 nitrogen and oxygen atoms in total. The average molecular weight is 299 g/mol. The number of amides is 2. The van der Waals surface area contributed by atoms with E-state index >= 15 is 0 Å². The van der Waals surface area contributed by atoms with Crippen LogP contribution in [0.3, 0.4) is 0 Å². The number of aryl methyl sites for hydroxylation is 1. The number of fused-ring (bicyclic) bond motifs is 1. The van der Waals surface area contributed by atoms with Crippen LogP contribution in [0.25, 0.3) is 0 Å².